The van der Waals surface area contributed by atoms with Crippen LogP contribution < -0.4 is 10.6 Å². The van der Waals surface area contributed by atoms with Gasteiger partial charge in [0.25, 0.3) is 0 Å². The molecule has 0 aliphatic rings. The van der Waals surface area contributed by atoms with E-state index in [4.69, 9.17) is 0 Å². The predicted molar refractivity (Wildman–Crippen MR) is 97.5 cm³/mol. The minimum Gasteiger partial charge on any atom is -0.324 e. The first-order valence-electron chi connectivity index (χ1n) is 8.11. The first-order chi connectivity index (χ1) is 12.2. The fourth-order valence-corrected chi connectivity index (χ4v) is 2.57. The van der Waals surface area contributed by atoms with Gasteiger partial charge in [0, 0.05) is 12.2 Å². The van der Waals surface area contributed by atoms with Crippen LogP contribution in [0, 0.1) is 5.82 Å². The van der Waals surface area contributed by atoms with E-state index in [2.05, 4.69) is 10.6 Å². The third-order valence-corrected chi connectivity index (χ3v) is 3.86. The van der Waals surface area contributed by atoms with Gasteiger partial charge in [-0.3, -0.25) is 10.1 Å². The lowest BCUT2D eigenvalue weighted by atomic mass is 10.1. The Hall–Kier alpha value is -2.98. The summed E-state index contributed by atoms with van der Waals surface area (Å²) in [5.41, 5.74) is 2.53. The Morgan fingerprint density at radius 2 is 1.44 bits per heavy atom. The molecule has 3 aromatic rings. The lowest BCUT2D eigenvalue weighted by Crippen LogP contribution is -2.32. The van der Waals surface area contributed by atoms with Crippen molar-refractivity contribution in [3.63, 3.8) is 0 Å². The molecule has 1 unspecified atom stereocenters. The molecule has 0 saturated heterocycles. The summed E-state index contributed by atoms with van der Waals surface area (Å²) in [6, 6.07) is 24.7. The summed E-state index contributed by atoms with van der Waals surface area (Å²) in [5.74, 6) is -0.520. The second kappa shape index (κ2) is 8.22. The van der Waals surface area contributed by atoms with Crippen molar-refractivity contribution in [3.05, 3.63) is 102 Å². The van der Waals surface area contributed by atoms with E-state index < -0.39 is 6.04 Å². The molecule has 4 heteroatoms. The van der Waals surface area contributed by atoms with Crippen molar-refractivity contribution in [1.29, 1.82) is 0 Å². The van der Waals surface area contributed by atoms with Gasteiger partial charge in [-0.25, -0.2) is 4.39 Å². The molecule has 0 aromatic heterocycles. The molecule has 0 bridgehead atoms. The van der Waals surface area contributed by atoms with Crippen molar-refractivity contribution in [2.24, 2.45) is 0 Å². The van der Waals surface area contributed by atoms with Crippen LogP contribution in [0.25, 0.3) is 0 Å². The van der Waals surface area contributed by atoms with Crippen LogP contribution in [0.1, 0.15) is 17.2 Å². The van der Waals surface area contributed by atoms with Gasteiger partial charge in [-0.2, -0.15) is 0 Å². The van der Waals surface area contributed by atoms with Gasteiger partial charge in [0.15, 0.2) is 0 Å². The zero-order valence-corrected chi connectivity index (χ0v) is 13.7. The summed E-state index contributed by atoms with van der Waals surface area (Å²) < 4.78 is 13.0. The Kier molecular flexibility index (Phi) is 5.54. The number of halogens is 1. The molecule has 1 atom stereocenters. The number of amides is 1. The Bertz CT molecular complexity index is 804. The Morgan fingerprint density at radius 1 is 0.840 bits per heavy atom. The van der Waals surface area contributed by atoms with E-state index in [9.17, 15) is 9.18 Å². The van der Waals surface area contributed by atoms with Gasteiger partial charge in [-0.05, 0) is 35.4 Å². The van der Waals surface area contributed by atoms with Gasteiger partial charge in [0.2, 0.25) is 5.91 Å². The molecule has 3 rings (SSSR count). The Labute approximate surface area is 146 Å². The maximum absolute atomic E-state index is 13.0. The largest absolute Gasteiger partial charge is 0.324 e. The lowest BCUT2D eigenvalue weighted by Gasteiger charge is -2.19. The highest BCUT2D eigenvalue weighted by Crippen LogP contribution is 2.17. The van der Waals surface area contributed by atoms with E-state index in [1.165, 1.54) is 12.1 Å². The number of nitrogens with one attached hydrogen (secondary N) is 2. The molecule has 1 amide bonds. The topological polar surface area (TPSA) is 41.1 Å². The van der Waals surface area contributed by atoms with Crippen LogP contribution in [-0.4, -0.2) is 5.91 Å². The van der Waals surface area contributed by atoms with Crippen molar-refractivity contribution in [2.75, 3.05) is 5.32 Å². The van der Waals surface area contributed by atoms with Gasteiger partial charge in [0.1, 0.15) is 11.9 Å². The minimum atomic E-state index is -0.508. The molecule has 25 heavy (non-hydrogen) atoms. The zero-order valence-electron chi connectivity index (χ0n) is 13.7. The highest BCUT2D eigenvalue weighted by molar-refractivity contribution is 5.95. The first-order valence-corrected chi connectivity index (χ1v) is 8.11. The van der Waals surface area contributed by atoms with E-state index in [1.807, 2.05) is 60.7 Å². The summed E-state index contributed by atoms with van der Waals surface area (Å²) in [6.45, 7) is 0.567. The van der Waals surface area contributed by atoms with E-state index in [0.717, 1.165) is 11.1 Å². The van der Waals surface area contributed by atoms with Crippen LogP contribution in [0.4, 0.5) is 10.1 Å². The highest BCUT2D eigenvalue weighted by Gasteiger charge is 2.20. The molecule has 3 aromatic carbocycles. The quantitative estimate of drug-likeness (QED) is 0.706. The summed E-state index contributed by atoms with van der Waals surface area (Å²) in [5, 5.41) is 6.13. The average Bonchev–Trinajstić information content (AvgIpc) is 2.65. The first kappa shape index (κ1) is 16.9. The maximum atomic E-state index is 13.0. The summed E-state index contributed by atoms with van der Waals surface area (Å²) >= 11 is 0. The number of carbonyl (C=O) groups is 1. The number of anilines is 1. The van der Waals surface area contributed by atoms with Crippen LogP contribution in [-0.2, 0) is 11.3 Å². The Balaban J connectivity index is 1.75. The molecule has 0 radical (unpaired) electrons. The van der Waals surface area contributed by atoms with Crippen molar-refractivity contribution in [1.82, 2.24) is 5.32 Å². The minimum absolute atomic E-state index is 0.186. The second-order valence-corrected chi connectivity index (χ2v) is 5.71. The SMILES string of the molecule is O=C(Nc1ccc(F)cc1)C(NCc1ccccc1)c1ccccc1. The van der Waals surface area contributed by atoms with E-state index in [-0.39, 0.29) is 11.7 Å². The molecule has 0 spiro atoms. The molecule has 0 heterocycles. The molecular formula is C21H19FN2O. The summed E-state index contributed by atoms with van der Waals surface area (Å²) in [6.07, 6.45) is 0. The molecule has 0 saturated carbocycles. The van der Waals surface area contributed by atoms with E-state index in [1.54, 1.807) is 12.1 Å². The van der Waals surface area contributed by atoms with Crippen LogP contribution >= 0.6 is 0 Å². The number of carbonyl (C=O) groups excluding carboxylic acids is 1. The third-order valence-electron chi connectivity index (χ3n) is 3.86. The second-order valence-electron chi connectivity index (χ2n) is 5.71. The van der Waals surface area contributed by atoms with Crippen molar-refractivity contribution < 1.29 is 9.18 Å². The van der Waals surface area contributed by atoms with Crippen LogP contribution in [0.2, 0.25) is 0 Å². The molecular weight excluding hydrogens is 315 g/mol. The summed E-state index contributed by atoms with van der Waals surface area (Å²) in [4.78, 5) is 12.8. The standard InChI is InChI=1S/C21H19FN2O/c22-18-11-13-19(14-12-18)24-21(25)20(17-9-5-2-6-10-17)23-15-16-7-3-1-4-8-16/h1-14,20,23H,15H2,(H,24,25). The van der Waals surface area contributed by atoms with Crippen LogP contribution in [0.3, 0.4) is 0 Å². The number of benzene rings is 3. The van der Waals surface area contributed by atoms with Crippen molar-refractivity contribution >= 4 is 11.6 Å². The van der Waals surface area contributed by atoms with Gasteiger partial charge >= 0.3 is 0 Å². The smallest absolute Gasteiger partial charge is 0.246 e. The Morgan fingerprint density at radius 3 is 2.08 bits per heavy atom. The molecule has 0 aliphatic heterocycles. The fraction of sp³-hybridized carbons (Fsp3) is 0.0952. The normalized spacial score (nSPS) is 11.7. The maximum Gasteiger partial charge on any atom is 0.246 e. The van der Waals surface area contributed by atoms with Crippen molar-refractivity contribution in [3.8, 4) is 0 Å². The van der Waals surface area contributed by atoms with Gasteiger partial charge in [0.05, 0.1) is 0 Å². The lowest BCUT2D eigenvalue weighted by molar-refractivity contribution is -0.118. The predicted octanol–water partition coefficient (Wildman–Crippen LogP) is 4.30. The molecule has 126 valence electrons. The van der Waals surface area contributed by atoms with Crippen LogP contribution in [0.5, 0.6) is 0 Å². The molecule has 0 fully saturated rings. The number of hydrogen-bond acceptors (Lipinski definition) is 2. The molecule has 2 N–H and O–H groups in total. The molecule has 3 nitrogen and oxygen atoms in total. The fourth-order valence-electron chi connectivity index (χ4n) is 2.57. The van der Waals surface area contributed by atoms with E-state index in [0.29, 0.717) is 12.2 Å². The third kappa shape index (κ3) is 4.75. The number of hydrogen-bond donors (Lipinski definition) is 2. The van der Waals surface area contributed by atoms with Gasteiger partial charge in [-0.15, -0.1) is 0 Å². The monoisotopic (exact) mass is 334 g/mol. The van der Waals surface area contributed by atoms with Gasteiger partial charge < -0.3 is 5.32 Å². The average molecular weight is 334 g/mol. The van der Waals surface area contributed by atoms with Gasteiger partial charge in [-0.1, -0.05) is 60.7 Å². The zero-order chi connectivity index (χ0) is 17.5. The van der Waals surface area contributed by atoms with E-state index >= 15 is 0 Å². The number of rotatable bonds is 6. The molecule has 0 aliphatic carbocycles. The highest BCUT2D eigenvalue weighted by atomic mass is 19.1. The van der Waals surface area contributed by atoms with Crippen LogP contribution in [0.15, 0.2) is 84.9 Å². The summed E-state index contributed by atoms with van der Waals surface area (Å²) in [7, 11) is 0. The van der Waals surface area contributed by atoms with Crippen molar-refractivity contribution in [2.45, 2.75) is 12.6 Å².